The lowest BCUT2D eigenvalue weighted by Gasteiger charge is -2.16. The van der Waals surface area contributed by atoms with Crippen LogP contribution in [0.15, 0.2) is 91.0 Å². The van der Waals surface area contributed by atoms with E-state index in [0.717, 1.165) is 0 Å². The van der Waals surface area contributed by atoms with Gasteiger partial charge in [-0.15, -0.1) is 5.10 Å². The average Bonchev–Trinajstić information content (AvgIpc) is 3.38. The number of halogens is 2. The van der Waals surface area contributed by atoms with Crippen molar-refractivity contribution in [2.75, 3.05) is 0 Å². The predicted molar refractivity (Wildman–Crippen MR) is 136 cm³/mol. The summed E-state index contributed by atoms with van der Waals surface area (Å²) in [6.45, 7) is 0. The number of aliphatic hydroxyl groups excluding tert-OH is 2. The molecule has 3 aromatic carbocycles. The van der Waals surface area contributed by atoms with Gasteiger partial charge in [-0.05, 0) is 51.9 Å². The van der Waals surface area contributed by atoms with Gasteiger partial charge < -0.3 is 15.3 Å². The third-order valence-corrected chi connectivity index (χ3v) is 5.65. The minimum Gasteiger partial charge on any atom is -0.481 e. The fourth-order valence-corrected chi connectivity index (χ4v) is 3.92. The highest BCUT2D eigenvalue weighted by Gasteiger charge is 2.19. The first-order valence-corrected chi connectivity index (χ1v) is 11.7. The van der Waals surface area contributed by atoms with Crippen molar-refractivity contribution in [1.29, 1.82) is 0 Å². The summed E-state index contributed by atoms with van der Waals surface area (Å²) in [6.07, 6.45) is -0.304. The molecular formula is C28H24F2N4O4. The molecule has 0 saturated heterocycles. The summed E-state index contributed by atoms with van der Waals surface area (Å²) in [7, 11) is 0. The number of tetrazole rings is 1. The Bertz CT molecular complexity index is 1390. The van der Waals surface area contributed by atoms with Crippen LogP contribution >= 0.6 is 0 Å². The molecule has 4 rings (SSSR count). The molecule has 0 aliphatic heterocycles. The maximum absolute atomic E-state index is 13.8. The summed E-state index contributed by atoms with van der Waals surface area (Å²) in [6, 6.07) is 20.5. The minimum atomic E-state index is -1.26. The van der Waals surface area contributed by atoms with Crippen LogP contribution in [0, 0.1) is 11.6 Å². The molecule has 4 aromatic rings. The zero-order chi connectivity index (χ0) is 27.1. The van der Waals surface area contributed by atoms with Gasteiger partial charge in [0.25, 0.3) is 0 Å². The average molecular weight is 519 g/mol. The second kappa shape index (κ2) is 12.1. The van der Waals surface area contributed by atoms with Crippen LogP contribution in [0.3, 0.4) is 0 Å². The molecule has 194 valence electrons. The number of aliphatic hydroxyl groups is 2. The summed E-state index contributed by atoms with van der Waals surface area (Å²) >= 11 is 0. The van der Waals surface area contributed by atoms with E-state index in [2.05, 4.69) is 15.5 Å². The molecule has 0 aliphatic rings. The van der Waals surface area contributed by atoms with Gasteiger partial charge in [-0.2, -0.15) is 4.68 Å². The Morgan fingerprint density at radius 1 is 0.895 bits per heavy atom. The lowest BCUT2D eigenvalue weighted by atomic mass is 9.95. The number of rotatable bonds is 10. The summed E-state index contributed by atoms with van der Waals surface area (Å²) in [5.41, 5.74) is 2.68. The van der Waals surface area contributed by atoms with Crippen molar-refractivity contribution in [2.45, 2.75) is 25.0 Å². The van der Waals surface area contributed by atoms with Gasteiger partial charge in [0.1, 0.15) is 11.6 Å². The van der Waals surface area contributed by atoms with E-state index in [1.165, 1.54) is 41.1 Å². The minimum absolute atomic E-state index is 0.223. The summed E-state index contributed by atoms with van der Waals surface area (Å²) in [4.78, 5) is 10.9. The van der Waals surface area contributed by atoms with Crippen LogP contribution < -0.4 is 0 Å². The Morgan fingerprint density at radius 3 is 2.03 bits per heavy atom. The van der Waals surface area contributed by atoms with Gasteiger partial charge in [-0.25, -0.2) is 8.78 Å². The number of benzene rings is 3. The van der Waals surface area contributed by atoms with Gasteiger partial charge in [-0.3, -0.25) is 4.79 Å². The molecule has 3 N–H and O–H groups in total. The first-order valence-electron chi connectivity index (χ1n) is 11.7. The quantitative estimate of drug-likeness (QED) is 0.269. The molecule has 38 heavy (non-hydrogen) atoms. The van der Waals surface area contributed by atoms with Crippen molar-refractivity contribution >= 4 is 17.2 Å². The molecule has 1 heterocycles. The largest absolute Gasteiger partial charge is 0.481 e. The third-order valence-electron chi connectivity index (χ3n) is 5.65. The van der Waals surface area contributed by atoms with Crippen LogP contribution in [0.5, 0.6) is 0 Å². The maximum atomic E-state index is 13.8. The first-order chi connectivity index (χ1) is 18.3. The van der Waals surface area contributed by atoms with Crippen molar-refractivity contribution in [3.05, 3.63) is 114 Å². The number of aliphatic carboxylic acids is 1. The predicted octanol–water partition coefficient (Wildman–Crippen LogP) is 4.18. The fourth-order valence-electron chi connectivity index (χ4n) is 3.92. The molecule has 8 nitrogen and oxygen atoms in total. The Morgan fingerprint density at radius 2 is 1.47 bits per heavy atom. The molecule has 0 fully saturated rings. The standard InChI is InChI=1S/C28H24F2N4O4/c29-21-10-6-18(7-11-21)27(19-8-12-22(30)13-9-19)25(15-14-23(35)16-24(36)17-26(37)38)34-28(31-32-33-34)20-4-2-1-3-5-20/h1-15,23-24,35-36H,16-17H2,(H,37,38). The molecule has 2 unspecified atom stereocenters. The molecule has 1 aromatic heterocycles. The van der Waals surface area contributed by atoms with E-state index in [0.29, 0.717) is 33.8 Å². The SMILES string of the molecule is O=C(O)CC(O)CC(O)C=CC(=C(c1ccc(F)cc1)c1ccc(F)cc1)n1nnnc1-c1ccccc1. The summed E-state index contributed by atoms with van der Waals surface area (Å²) in [5.74, 6) is -1.71. The van der Waals surface area contributed by atoms with Gasteiger partial charge >= 0.3 is 5.97 Å². The number of aromatic nitrogens is 4. The van der Waals surface area contributed by atoms with Crippen molar-refractivity contribution in [3.8, 4) is 11.4 Å². The van der Waals surface area contributed by atoms with Crippen molar-refractivity contribution in [1.82, 2.24) is 20.2 Å². The van der Waals surface area contributed by atoms with Crippen molar-refractivity contribution in [3.63, 3.8) is 0 Å². The monoisotopic (exact) mass is 518 g/mol. The Kier molecular flexibility index (Phi) is 8.47. The summed E-state index contributed by atoms with van der Waals surface area (Å²) in [5, 5.41) is 41.5. The molecule has 0 aliphatic carbocycles. The second-order valence-corrected chi connectivity index (χ2v) is 8.47. The number of hydrogen-bond donors (Lipinski definition) is 3. The number of carboxylic acids is 1. The van der Waals surface area contributed by atoms with E-state index in [1.807, 2.05) is 30.3 Å². The molecule has 0 radical (unpaired) electrons. The van der Waals surface area contributed by atoms with Crippen LogP contribution in [0.2, 0.25) is 0 Å². The topological polar surface area (TPSA) is 121 Å². The van der Waals surface area contributed by atoms with Crippen LogP contribution in [-0.2, 0) is 4.79 Å². The smallest absolute Gasteiger partial charge is 0.305 e. The molecule has 0 saturated carbocycles. The zero-order valence-electron chi connectivity index (χ0n) is 20.0. The Labute approximate surface area is 216 Å². The number of hydrogen-bond acceptors (Lipinski definition) is 6. The normalized spacial score (nSPS) is 12.8. The van der Waals surface area contributed by atoms with Crippen LogP contribution in [0.4, 0.5) is 8.78 Å². The Balaban J connectivity index is 1.91. The van der Waals surface area contributed by atoms with E-state index in [4.69, 9.17) is 5.11 Å². The van der Waals surface area contributed by atoms with E-state index < -0.39 is 36.2 Å². The van der Waals surface area contributed by atoms with Crippen molar-refractivity contribution in [2.24, 2.45) is 0 Å². The van der Waals surface area contributed by atoms with Gasteiger partial charge in [-0.1, -0.05) is 60.7 Å². The maximum Gasteiger partial charge on any atom is 0.305 e. The van der Waals surface area contributed by atoms with E-state index in [-0.39, 0.29) is 6.42 Å². The van der Waals surface area contributed by atoms with E-state index in [1.54, 1.807) is 24.3 Å². The van der Waals surface area contributed by atoms with Gasteiger partial charge in [0.05, 0.1) is 24.3 Å². The van der Waals surface area contributed by atoms with Crippen LogP contribution in [0.1, 0.15) is 24.0 Å². The molecule has 2 atom stereocenters. The van der Waals surface area contributed by atoms with E-state index >= 15 is 0 Å². The zero-order valence-corrected chi connectivity index (χ0v) is 20.0. The lowest BCUT2D eigenvalue weighted by molar-refractivity contribution is -0.139. The Hall–Kier alpha value is -4.54. The van der Waals surface area contributed by atoms with Crippen LogP contribution in [0.25, 0.3) is 22.7 Å². The van der Waals surface area contributed by atoms with Gasteiger partial charge in [0, 0.05) is 17.6 Å². The number of carboxylic acid groups (broad SMARTS) is 1. The fraction of sp³-hybridized carbons (Fsp3) is 0.143. The van der Waals surface area contributed by atoms with E-state index in [9.17, 15) is 23.8 Å². The molecule has 0 spiro atoms. The summed E-state index contributed by atoms with van der Waals surface area (Å²) < 4.78 is 29.1. The van der Waals surface area contributed by atoms with Gasteiger partial charge in [0.15, 0.2) is 5.82 Å². The first kappa shape index (κ1) is 26.5. The number of allylic oxidation sites excluding steroid dienone is 2. The number of nitrogens with zero attached hydrogens (tertiary/aromatic N) is 4. The highest BCUT2D eigenvalue weighted by molar-refractivity contribution is 5.97. The van der Waals surface area contributed by atoms with Gasteiger partial charge in [0.2, 0.25) is 0 Å². The third kappa shape index (κ3) is 6.61. The highest BCUT2D eigenvalue weighted by atomic mass is 19.1. The van der Waals surface area contributed by atoms with Crippen LogP contribution in [-0.4, -0.2) is 53.7 Å². The molecule has 0 bridgehead atoms. The number of carbonyl (C=O) groups is 1. The lowest BCUT2D eigenvalue weighted by Crippen LogP contribution is -2.19. The molecule has 10 heteroatoms. The second-order valence-electron chi connectivity index (χ2n) is 8.47. The molecular weight excluding hydrogens is 494 g/mol. The molecule has 0 amide bonds. The van der Waals surface area contributed by atoms with Crippen molar-refractivity contribution < 1.29 is 28.9 Å². The highest BCUT2D eigenvalue weighted by Crippen LogP contribution is 2.32.